The van der Waals surface area contributed by atoms with Gasteiger partial charge < -0.3 is 4.55 Å². The summed E-state index contributed by atoms with van der Waals surface area (Å²) in [5.41, 5.74) is 0. The zero-order valence-electron chi connectivity index (χ0n) is 2.35. The lowest BCUT2D eigenvalue weighted by molar-refractivity contribution is 0.570. The van der Waals surface area contributed by atoms with Gasteiger partial charge in [-0.25, -0.2) is 4.21 Å². The zero-order valence-corrected chi connectivity index (χ0v) is 4.75. The molecule has 0 saturated carbocycles. The van der Waals surface area contributed by atoms with E-state index in [1.54, 1.807) is 0 Å². The maximum atomic E-state index is 9.43. The van der Waals surface area contributed by atoms with Crippen LogP contribution in [0, 0.1) is 0 Å². The summed E-state index contributed by atoms with van der Waals surface area (Å²) in [5.74, 6) is 0. The van der Waals surface area contributed by atoms with Crippen LogP contribution in [0.4, 0.5) is 0 Å². The van der Waals surface area contributed by atoms with E-state index in [9.17, 15) is 4.21 Å². The second-order valence-electron chi connectivity index (χ2n) is 0.431. The highest BCUT2D eigenvalue weighted by atomic mass is 79.9. The largest absolute Gasteiger partial charge is 0.305 e. The Bertz CT molecular complexity index is 44.9. The maximum absolute atomic E-state index is 9.43. The van der Waals surface area contributed by atoms with Crippen molar-refractivity contribution in [3.8, 4) is 0 Å². The minimum Gasteiger partial charge on any atom is -0.305 e. The lowest BCUT2D eigenvalue weighted by atomic mass is 11.9. The van der Waals surface area contributed by atoms with Gasteiger partial charge in [-0.3, -0.25) is 0 Å². The fourth-order valence-electron chi connectivity index (χ4n) is 0. The standard InChI is InChI=1S/CH3BrO2S/c2-1-5(3)4/h1H2,(H,3,4). The monoisotopic (exact) mass is 158 g/mol. The minimum absolute atomic E-state index is 0.146. The van der Waals surface area contributed by atoms with Crippen LogP contribution < -0.4 is 0 Å². The van der Waals surface area contributed by atoms with Crippen LogP contribution in [-0.2, 0) is 11.1 Å². The predicted molar refractivity (Wildman–Crippen MR) is 24.6 cm³/mol. The molecule has 0 bridgehead atoms. The van der Waals surface area contributed by atoms with Gasteiger partial charge in [0.2, 0.25) is 0 Å². The van der Waals surface area contributed by atoms with Crippen molar-refractivity contribution in [2.45, 2.75) is 0 Å². The van der Waals surface area contributed by atoms with Crippen LogP contribution in [0.15, 0.2) is 0 Å². The molecule has 0 fully saturated rings. The van der Waals surface area contributed by atoms with E-state index in [4.69, 9.17) is 4.55 Å². The van der Waals surface area contributed by atoms with Crippen LogP contribution in [0.5, 0.6) is 0 Å². The van der Waals surface area contributed by atoms with Gasteiger partial charge in [-0.15, -0.1) is 0 Å². The third-order valence-electron chi connectivity index (χ3n) is 0.0933. The third kappa shape index (κ3) is 4.59. The normalized spacial score (nSPS) is 14.8. The molecular weight excluding hydrogens is 156 g/mol. The van der Waals surface area contributed by atoms with Gasteiger partial charge in [0.05, 0.1) is 0 Å². The maximum Gasteiger partial charge on any atom is 0.163 e. The summed E-state index contributed by atoms with van der Waals surface area (Å²) in [6, 6.07) is 0. The molecule has 0 amide bonds. The molecule has 0 aliphatic rings. The van der Waals surface area contributed by atoms with E-state index in [1.165, 1.54) is 0 Å². The Labute approximate surface area is 41.0 Å². The fourth-order valence-corrected chi connectivity index (χ4v) is 0. The molecule has 32 valence electrons. The molecule has 0 spiro atoms. The zero-order chi connectivity index (χ0) is 4.28. The average Bonchev–Trinajstić information content (AvgIpc) is 1.38. The molecule has 1 N–H and O–H groups in total. The second-order valence-corrected chi connectivity index (χ2v) is 2.67. The molecule has 0 saturated heterocycles. The highest BCUT2D eigenvalue weighted by Gasteiger charge is 1.78. The molecule has 4 heteroatoms. The van der Waals surface area contributed by atoms with Crippen molar-refractivity contribution in [1.29, 1.82) is 0 Å². The lowest BCUT2D eigenvalue weighted by Crippen LogP contribution is -1.81. The Balaban J connectivity index is 2.85. The van der Waals surface area contributed by atoms with Crippen molar-refractivity contribution in [1.82, 2.24) is 0 Å². The summed E-state index contributed by atoms with van der Waals surface area (Å²) in [6.07, 6.45) is 0. The fraction of sp³-hybridized carbons (Fsp3) is 1.00. The molecule has 0 aromatic rings. The Hall–Kier alpha value is 0.590. The van der Waals surface area contributed by atoms with Gasteiger partial charge in [0, 0.05) is 0 Å². The average molecular weight is 159 g/mol. The Morgan fingerprint density at radius 1 is 2.00 bits per heavy atom. The van der Waals surface area contributed by atoms with E-state index in [-0.39, 0.29) is 4.66 Å². The molecule has 1 unspecified atom stereocenters. The molecule has 0 radical (unpaired) electrons. The summed E-state index contributed by atoms with van der Waals surface area (Å²) >= 11 is 1.11. The van der Waals surface area contributed by atoms with Gasteiger partial charge in [0.25, 0.3) is 0 Å². The molecule has 0 aromatic heterocycles. The highest BCUT2D eigenvalue weighted by molar-refractivity contribution is 9.10. The number of halogens is 1. The van der Waals surface area contributed by atoms with Gasteiger partial charge in [-0.05, 0) is 0 Å². The smallest absolute Gasteiger partial charge is 0.163 e. The third-order valence-corrected chi connectivity index (χ3v) is 1.46. The Kier molecular flexibility index (Phi) is 3.14. The van der Waals surface area contributed by atoms with Crippen molar-refractivity contribution in [2.75, 3.05) is 4.66 Å². The van der Waals surface area contributed by atoms with E-state index in [0.29, 0.717) is 0 Å². The van der Waals surface area contributed by atoms with E-state index >= 15 is 0 Å². The van der Waals surface area contributed by atoms with Gasteiger partial charge in [-0.2, -0.15) is 0 Å². The van der Waals surface area contributed by atoms with Crippen LogP contribution in [0.2, 0.25) is 0 Å². The van der Waals surface area contributed by atoms with Crippen molar-refractivity contribution in [3.05, 3.63) is 0 Å². The van der Waals surface area contributed by atoms with E-state index < -0.39 is 11.1 Å². The van der Waals surface area contributed by atoms with Crippen LogP contribution in [0.25, 0.3) is 0 Å². The highest BCUT2D eigenvalue weighted by Crippen LogP contribution is 1.79. The topological polar surface area (TPSA) is 37.3 Å². The van der Waals surface area contributed by atoms with Gasteiger partial charge in [0.1, 0.15) is 4.66 Å². The second kappa shape index (κ2) is 2.81. The molecule has 1 atom stereocenters. The van der Waals surface area contributed by atoms with Crippen molar-refractivity contribution in [3.63, 3.8) is 0 Å². The summed E-state index contributed by atoms with van der Waals surface area (Å²) < 4.78 is 17.4. The first-order chi connectivity index (χ1) is 2.27. The first-order valence-corrected chi connectivity index (χ1v) is 3.30. The van der Waals surface area contributed by atoms with E-state index in [2.05, 4.69) is 15.9 Å². The van der Waals surface area contributed by atoms with Crippen molar-refractivity contribution >= 4 is 27.0 Å². The summed E-state index contributed by atoms with van der Waals surface area (Å²) in [7, 11) is 0. The van der Waals surface area contributed by atoms with Crippen molar-refractivity contribution < 1.29 is 8.76 Å². The summed E-state index contributed by atoms with van der Waals surface area (Å²) in [4.78, 5) is 0. The van der Waals surface area contributed by atoms with Gasteiger partial charge >= 0.3 is 0 Å². The number of alkyl halides is 1. The predicted octanol–water partition coefficient (Wildman–Crippen LogP) is 0.560. The first-order valence-electron chi connectivity index (χ1n) is 0.905. The SMILES string of the molecule is O=S(O)CBr. The van der Waals surface area contributed by atoms with Gasteiger partial charge in [-0.1, -0.05) is 15.9 Å². The Morgan fingerprint density at radius 3 is 2.20 bits per heavy atom. The first kappa shape index (κ1) is 5.59. The number of hydrogen-bond donors (Lipinski definition) is 1. The molecule has 0 heterocycles. The quantitative estimate of drug-likeness (QED) is 0.448. The van der Waals surface area contributed by atoms with Gasteiger partial charge in [0.15, 0.2) is 11.1 Å². The van der Waals surface area contributed by atoms with Crippen LogP contribution in [0.3, 0.4) is 0 Å². The Morgan fingerprint density at radius 2 is 2.20 bits per heavy atom. The molecule has 0 aromatic carbocycles. The van der Waals surface area contributed by atoms with E-state index in [0.717, 1.165) is 0 Å². The van der Waals surface area contributed by atoms with Crippen molar-refractivity contribution in [2.24, 2.45) is 0 Å². The molecule has 0 aliphatic heterocycles. The molecule has 0 aliphatic carbocycles. The van der Waals surface area contributed by atoms with E-state index in [1.807, 2.05) is 0 Å². The number of hydrogen-bond acceptors (Lipinski definition) is 1. The molecule has 2 nitrogen and oxygen atoms in total. The minimum atomic E-state index is -1.66. The molecule has 0 rings (SSSR count). The molecular formula is CH3BrO2S. The van der Waals surface area contributed by atoms with Crippen LogP contribution in [0.1, 0.15) is 0 Å². The molecule has 5 heavy (non-hydrogen) atoms. The van der Waals surface area contributed by atoms with Crippen LogP contribution in [-0.4, -0.2) is 13.4 Å². The number of rotatable bonds is 1. The van der Waals surface area contributed by atoms with Crippen LogP contribution >= 0.6 is 15.9 Å². The lowest BCUT2D eigenvalue weighted by Gasteiger charge is -1.71. The summed E-state index contributed by atoms with van der Waals surface area (Å²) in [5, 5.41) is 0. The summed E-state index contributed by atoms with van der Waals surface area (Å²) in [6.45, 7) is 0.